The number of imidazole rings is 1. The Hall–Kier alpha value is -2.66. The maximum Gasteiger partial charge on any atom is 0.234 e. The zero-order valence-corrected chi connectivity index (χ0v) is 13.4. The molecule has 0 aliphatic carbocycles. The summed E-state index contributed by atoms with van der Waals surface area (Å²) in [7, 11) is 0. The summed E-state index contributed by atoms with van der Waals surface area (Å²) in [5, 5.41) is 0. The van der Waals surface area contributed by atoms with Crippen LogP contribution in [0.25, 0.3) is 28.2 Å². The minimum atomic E-state index is 0.701. The predicted molar refractivity (Wildman–Crippen MR) is 93.4 cm³/mol. The fourth-order valence-corrected chi connectivity index (χ4v) is 2.97. The van der Waals surface area contributed by atoms with E-state index < -0.39 is 0 Å². The Kier molecular flexibility index (Phi) is 3.55. The maximum atomic E-state index is 4.76. The Labute approximate surface area is 138 Å². The summed E-state index contributed by atoms with van der Waals surface area (Å²) in [4.78, 5) is 14.4. The first-order valence-corrected chi connectivity index (χ1v) is 8.46. The van der Waals surface area contributed by atoms with Crippen LogP contribution >= 0.6 is 11.8 Å². The van der Waals surface area contributed by atoms with Gasteiger partial charge in [0.05, 0.1) is 5.69 Å². The lowest BCUT2D eigenvalue weighted by Gasteiger charge is -2.10. The van der Waals surface area contributed by atoms with Crippen LogP contribution < -0.4 is 0 Å². The van der Waals surface area contributed by atoms with Gasteiger partial charge in [0, 0.05) is 47.0 Å². The molecule has 4 rings (SSSR count). The summed E-state index contributed by atoms with van der Waals surface area (Å²) in [6.07, 6.45) is 11.4. The zero-order valence-electron chi connectivity index (χ0n) is 12.5. The molecule has 0 bridgehead atoms. The van der Waals surface area contributed by atoms with Crippen molar-refractivity contribution < 1.29 is 0 Å². The van der Waals surface area contributed by atoms with Gasteiger partial charge in [-0.3, -0.25) is 9.38 Å². The molecule has 0 aliphatic heterocycles. The Morgan fingerprint density at radius 2 is 1.70 bits per heavy atom. The van der Waals surface area contributed by atoms with Crippen LogP contribution in [-0.2, 0) is 0 Å². The molecule has 112 valence electrons. The van der Waals surface area contributed by atoms with Gasteiger partial charge in [0.1, 0.15) is 0 Å². The van der Waals surface area contributed by atoms with E-state index in [9.17, 15) is 0 Å². The monoisotopic (exact) mass is 318 g/mol. The van der Waals surface area contributed by atoms with E-state index >= 15 is 0 Å². The van der Waals surface area contributed by atoms with Crippen molar-refractivity contribution in [1.82, 2.24) is 19.4 Å². The Balaban J connectivity index is 1.95. The van der Waals surface area contributed by atoms with Gasteiger partial charge in [0.15, 0.2) is 0 Å². The molecule has 4 nitrogen and oxygen atoms in total. The van der Waals surface area contributed by atoms with E-state index in [0.29, 0.717) is 5.78 Å². The summed E-state index contributed by atoms with van der Waals surface area (Å²) in [5.41, 5.74) is 4.17. The SMILES string of the molecule is CSc1ccc(-c2nc3nccn3cc2-c2ccncc2)cc1. The van der Waals surface area contributed by atoms with Crippen molar-refractivity contribution in [2.24, 2.45) is 0 Å². The quantitative estimate of drug-likeness (QED) is 0.532. The van der Waals surface area contributed by atoms with Gasteiger partial charge < -0.3 is 0 Å². The lowest BCUT2D eigenvalue weighted by molar-refractivity contribution is 1.11. The summed E-state index contributed by atoms with van der Waals surface area (Å²) in [6, 6.07) is 12.5. The number of fused-ring (bicyclic) bond motifs is 1. The van der Waals surface area contributed by atoms with E-state index in [4.69, 9.17) is 4.98 Å². The van der Waals surface area contributed by atoms with E-state index in [1.807, 2.05) is 22.7 Å². The van der Waals surface area contributed by atoms with Crippen LogP contribution in [0.3, 0.4) is 0 Å². The van der Waals surface area contributed by atoms with Gasteiger partial charge in [-0.1, -0.05) is 12.1 Å². The van der Waals surface area contributed by atoms with Crippen LogP contribution in [0.15, 0.2) is 72.3 Å². The number of hydrogen-bond donors (Lipinski definition) is 0. The molecule has 23 heavy (non-hydrogen) atoms. The number of aromatic nitrogens is 4. The second kappa shape index (κ2) is 5.85. The molecule has 1 aromatic carbocycles. The van der Waals surface area contributed by atoms with Crippen LogP contribution in [0.5, 0.6) is 0 Å². The van der Waals surface area contributed by atoms with Crippen LogP contribution in [0.2, 0.25) is 0 Å². The third kappa shape index (κ3) is 2.59. The Morgan fingerprint density at radius 1 is 0.913 bits per heavy atom. The standard InChI is InChI=1S/C18H14N4S/c1-23-15-4-2-14(3-5-15)17-16(13-6-8-19-9-7-13)12-22-11-10-20-18(22)21-17/h2-12H,1H3. The minimum Gasteiger partial charge on any atom is -0.291 e. The molecule has 0 radical (unpaired) electrons. The smallest absolute Gasteiger partial charge is 0.234 e. The summed E-state index contributed by atoms with van der Waals surface area (Å²) in [5.74, 6) is 0.701. The van der Waals surface area contributed by atoms with E-state index in [2.05, 4.69) is 46.7 Å². The first-order chi connectivity index (χ1) is 11.3. The molecule has 0 spiro atoms. The highest BCUT2D eigenvalue weighted by Gasteiger charge is 2.12. The van der Waals surface area contributed by atoms with E-state index in [0.717, 1.165) is 22.4 Å². The second-order valence-electron chi connectivity index (χ2n) is 5.10. The molecule has 0 N–H and O–H groups in total. The molecule has 0 fully saturated rings. The van der Waals surface area contributed by atoms with E-state index in [-0.39, 0.29) is 0 Å². The normalized spacial score (nSPS) is 11.0. The van der Waals surface area contributed by atoms with Gasteiger partial charge in [-0.25, -0.2) is 9.97 Å². The number of pyridine rings is 1. The molecule has 0 amide bonds. The van der Waals surface area contributed by atoms with E-state index in [1.165, 1.54) is 4.90 Å². The van der Waals surface area contributed by atoms with Crippen molar-refractivity contribution in [2.75, 3.05) is 6.26 Å². The van der Waals surface area contributed by atoms with Gasteiger partial charge in [0.25, 0.3) is 0 Å². The molecule has 0 saturated carbocycles. The molecule has 3 aromatic heterocycles. The molecule has 0 saturated heterocycles. The van der Waals surface area contributed by atoms with Gasteiger partial charge in [-0.2, -0.15) is 0 Å². The van der Waals surface area contributed by atoms with Crippen molar-refractivity contribution in [3.05, 3.63) is 67.4 Å². The van der Waals surface area contributed by atoms with Crippen LogP contribution in [0, 0.1) is 0 Å². The van der Waals surface area contributed by atoms with Crippen LogP contribution in [-0.4, -0.2) is 25.6 Å². The summed E-state index contributed by atoms with van der Waals surface area (Å²) >= 11 is 1.73. The highest BCUT2D eigenvalue weighted by atomic mass is 32.2. The lowest BCUT2D eigenvalue weighted by atomic mass is 10.0. The van der Waals surface area contributed by atoms with E-state index in [1.54, 1.807) is 30.4 Å². The molecular weight excluding hydrogens is 304 g/mol. The average molecular weight is 318 g/mol. The number of hydrogen-bond acceptors (Lipinski definition) is 4. The molecule has 0 aliphatic rings. The number of thioether (sulfide) groups is 1. The molecular formula is C18H14N4S. The van der Waals surface area contributed by atoms with Crippen LogP contribution in [0.4, 0.5) is 0 Å². The second-order valence-corrected chi connectivity index (χ2v) is 5.98. The van der Waals surface area contributed by atoms with Gasteiger partial charge in [-0.15, -0.1) is 11.8 Å². The van der Waals surface area contributed by atoms with Crippen molar-refractivity contribution in [2.45, 2.75) is 4.90 Å². The topological polar surface area (TPSA) is 43.1 Å². The highest BCUT2D eigenvalue weighted by molar-refractivity contribution is 7.98. The first kappa shape index (κ1) is 14.0. The van der Waals surface area contributed by atoms with Crippen molar-refractivity contribution in [3.8, 4) is 22.4 Å². The maximum absolute atomic E-state index is 4.76. The van der Waals surface area contributed by atoms with Crippen molar-refractivity contribution in [3.63, 3.8) is 0 Å². The third-order valence-electron chi connectivity index (χ3n) is 3.74. The number of benzene rings is 1. The van der Waals surface area contributed by atoms with Gasteiger partial charge in [-0.05, 0) is 36.1 Å². The largest absolute Gasteiger partial charge is 0.291 e. The van der Waals surface area contributed by atoms with Crippen molar-refractivity contribution in [1.29, 1.82) is 0 Å². The fourth-order valence-electron chi connectivity index (χ4n) is 2.56. The third-order valence-corrected chi connectivity index (χ3v) is 4.48. The molecule has 3 heterocycles. The average Bonchev–Trinajstić information content (AvgIpc) is 3.09. The Bertz CT molecular complexity index is 946. The fraction of sp³-hybridized carbons (Fsp3) is 0.0556. The minimum absolute atomic E-state index is 0.701. The predicted octanol–water partition coefficient (Wildman–Crippen LogP) is 4.18. The summed E-state index contributed by atoms with van der Waals surface area (Å²) < 4.78 is 1.94. The lowest BCUT2D eigenvalue weighted by Crippen LogP contribution is -1.96. The molecule has 5 heteroatoms. The molecule has 4 aromatic rings. The van der Waals surface area contributed by atoms with Gasteiger partial charge >= 0.3 is 0 Å². The Morgan fingerprint density at radius 3 is 2.43 bits per heavy atom. The van der Waals surface area contributed by atoms with Gasteiger partial charge in [0.2, 0.25) is 5.78 Å². The zero-order chi connectivity index (χ0) is 15.6. The number of rotatable bonds is 3. The molecule has 0 unspecified atom stereocenters. The van der Waals surface area contributed by atoms with Crippen molar-refractivity contribution >= 4 is 17.5 Å². The first-order valence-electron chi connectivity index (χ1n) is 7.24. The highest BCUT2D eigenvalue weighted by Crippen LogP contribution is 2.31. The number of nitrogens with zero attached hydrogens (tertiary/aromatic N) is 4. The molecule has 0 atom stereocenters. The summed E-state index contributed by atoms with van der Waals surface area (Å²) in [6.45, 7) is 0. The van der Waals surface area contributed by atoms with Crippen LogP contribution in [0.1, 0.15) is 0 Å².